The maximum absolute atomic E-state index is 12.0. The summed E-state index contributed by atoms with van der Waals surface area (Å²) >= 11 is 0. The summed E-state index contributed by atoms with van der Waals surface area (Å²) in [6.07, 6.45) is -2.76. The molecule has 0 fully saturated rings. The molecule has 1 N–H and O–H groups in total. The molecule has 0 aliphatic heterocycles. The standard InChI is InChI=1S/C18H16O6/c1-12(23-17(21)13-8-4-2-5-9-13)15(16(19)20)24-18(22)14-10-6-3-7-11-14/h2-12,15H,1H3,(H,19,20)/t12-,15+/m1/s1. The largest absolute Gasteiger partial charge is 0.478 e. The summed E-state index contributed by atoms with van der Waals surface area (Å²) < 4.78 is 10.1. The lowest BCUT2D eigenvalue weighted by atomic mass is 10.2. The zero-order chi connectivity index (χ0) is 17.5. The first-order chi connectivity index (χ1) is 11.5. The van der Waals surface area contributed by atoms with Crippen LogP contribution < -0.4 is 0 Å². The average molecular weight is 328 g/mol. The highest BCUT2D eigenvalue weighted by atomic mass is 16.6. The van der Waals surface area contributed by atoms with Crippen molar-refractivity contribution < 1.29 is 29.0 Å². The van der Waals surface area contributed by atoms with Gasteiger partial charge in [-0.2, -0.15) is 0 Å². The van der Waals surface area contributed by atoms with Crippen LogP contribution >= 0.6 is 0 Å². The van der Waals surface area contributed by atoms with E-state index in [1.54, 1.807) is 48.5 Å². The number of hydrogen-bond donors (Lipinski definition) is 1. The molecule has 0 saturated heterocycles. The number of carbonyl (C=O) groups excluding carboxylic acids is 2. The molecule has 24 heavy (non-hydrogen) atoms. The average Bonchev–Trinajstić information content (AvgIpc) is 2.60. The number of ether oxygens (including phenoxy) is 2. The lowest BCUT2D eigenvalue weighted by Crippen LogP contribution is -2.39. The summed E-state index contributed by atoms with van der Waals surface area (Å²) in [5.74, 6) is -2.89. The van der Waals surface area contributed by atoms with Gasteiger partial charge in [0.1, 0.15) is 6.10 Å². The highest BCUT2D eigenvalue weighted by Crippen LogP contribution is 2.12. The molecule has 6 heteroatoms. The Hall–Kier alpha value is -3.15. The number of carbonyl (C=O) groups is 3. The summed E-state index contributed by atoms with van der Waals surface area (Å²) in [5, 5.41) is 9.25. The van der Waals surface area contributed by atoms with Gasteiger partial charge in [-0.1, -0.05) is 36.4 Å². The van der Waals surface area contributed by atoms with E-state index in [9.17, 15) is 19.5 Å². The van der Waals surface area contributed by atoms with Crippen molar-refractivity contribution in [1.82, 2.24) is 0 Å². The Morgan fingerprint density at radius 2 is 1.21 bits per heavy atom. The van der Waals surface area contributed by atoms with Gasteiger partial charge in [0.25, 0.3) is 0 Å². The summed E-state index contributed by atoms with van der Waals surface area (Å²) in [6, 6.07) is 16.1. The summed E-state index contributed by atoms with van der Waals surface area (Å²) in [5.41, 5.74) is 0.494. The predicted octanol–water partition coefficient (Wildman–Crippen LogP) is 2.54. The second-order valence-corrected chi connectivity index (χ2v) is 5.01. The van der Waals surface area contributed by atoms with Crippen molar-refractivity contribution in [2.24, 2.45) is 0 Å². The SMILES string of the molecule is C[C@@H](OC(=O)c1ccccc1)[C@H](OC(=O)c1ccccc1)C(=O)O. The van der Waals surface area contributed by atoms with Crippen LogP contribution in [0.25, 0.3) is 0 Å². The van der Waals surface area contributed by atoms with Gasteiger partial charge in [-0.05, 0) is 31.2 Å². The normalized spacial score (nSPS) is 12.7. The molecular weight excluding hydrogens is 312 g/mol. The maximum Gasteiger partial charge on any atom is 0.348 e. The van der Waals surface area contributed by atoms with Crippen LogP contribution in [-0.2, 0) is 14.3 Å². The van der Waals surface area contributed by atoms with Gasteiger partial charge in [0.15, 0.2) is 0 Å². The molecule has 124 valence electrons. The minimum absolute atomic E-state index is 0.213. The molecule has 0 spiro atoms. The molecule has 0 radical (unpaired) electrons. The minimum Gasteiger partial charge on any atom is -0.478 e. The summed E-state index contributed by atoms with van der Waals surface area (Å²) in [4.78, 5) is 35.3. The Kier molecular flexibility index (Phi) is 5.68. The number of hydrogen-bond acceptors (Lipinski definition) is 5. The van der Waals surface area contributed by atoms with E-state index in [1.165, 1.54) is 19.1 Å². The van der Waals surface area contributed by atoms with Crippen LogP contribution in [0.5, 0.6) is 0 Å². The van der Waals surface area contributed by atoms with Gasteiger partial charge in [0.05, 0.1) is 11.1 Å². The van der Waals surface area contributed by atoms with Crippen LogP contribution in [0.1, 0.15) is 27.6 Å². The van der Waals surface area contributed by atoms with Crippen LogP contribution in [0.2, 0.25) is 0 Å². The Morgan fingerprint density at radius 3 is 1.62 bits per heavy atom. The summed E-state index contributed by atoms with van der Waals surface area (Å²) in [7, 11) is 0. The van der Waals surface area contributed by atoms with Gasteiger partial charge >= 0.3 is 17.9 Å². The van der Waals surface area contributed by atoms with Gasteiger partial charge in [-0.15, -0.1) is 0 Å². The molecule has 2 aromatic rings. The Balaban J connectivity index is 2.05. The lowest BCUT2D eigenvalue weighted by Gasteiger charge is -2.20. The Labute approximate surface area is 138 Å². The fourth-order valence-electron chi connectivity index (χ4n) is 1.98. The van der Waals surface area contributed by atoms with Crippen LogP contribution in [0.4, 0.5) is 0 Å². The third-order valence-corrected chi connectivity index (χ3v) is 3.22. The number of benzene rings is 2. The first-order valence-electron chi connectivity index (χ1n) is 7.24. The molecule has 0 amide bonds. The van der Waals surface area contributed by atoms with Crippen molar-refractivity contribution in [2.45, 2.75) is 19.1 Å². The summed E-state index contributed by atoms with van der Waals surface area (Å²) in [6.45, 7) is 1.36. The molecule has 2 rings (SSSR count). The second kappa shape index (κ2) is 7.92. The monoisotopic (exact) mass is 328 g/mol. The van der Waals surface area contributed by atoms with Crippen molar-refractivity contribution in [1.29, 1.82) is 0 Å². The zero-order valence-corrected chi connectivity index (χ0v) is 12.9. The van der Waals surface area contributed by atoms with Crippen LogP contribution in [0.15, 0.2) is 60.7 Å². The highest BCUT2D eigenvalue weighted by Gasteiger charge is 2.32. The predicted molar refractivity (Wildman–Crippen MR) is 84.6 cm³/mol. The Bertz CT molecular complexity index is 711. The van der Waals surface area contributed by atoms with Gasteiger partial charge < -0.3 is 14.6 Å². The van der Waals surface area contributed by atoms with Crippen molar-refractivity contribution in [3.05, 3.63) is 71.8 Å². The van der Waals surface area contributed by atoms with Gasteiger partial charge in [0, 0.05) is 0 Å². The smallest absolute Gasteiger partial charge is 0.348 e. The topological polar surface area (TPSA) is 89.9 Å². The van der Waals surface area contributed by atoms with E-state index >= 15 is 0 Å². The molecule has 0 aliphatic carbocycles. The van der Waals surface area contributed by atoms with E-state index in [2.05, 4.69) is 0 Å². The number of carboxylic acid groups (broad SMARTS) is 1. The van der Waals surface area contributed by atoms with E-state index < -0.39 is 30.1 Å². The quantitative estimate of drug-likeness (QED) is 0.820. The van der Waals surface area contributed by atoms with Crippen LogP contribution in [0, 0.1) is 0 Å². The molecule has 0 unspecified atom stereocenters. The minimum atomic E-state index is -1.61. The first-order valence-corrected chi connectivity index (χ1v) is 7.24. The maximum atomic E-state index is 12.0. The highest BCUT2D eigenvalue weighted by molar-refractivity contribution is 5.92. The molecule has 0 aromatic heterocycles. The number of aliphatic carboxylic acids is 1. The lowest BCUT2D eigenvalue weighted by molar-refractivity contribution is -0.153. The van der Waals surface area contributed by atoms with Crippen molar-refractivity contribution >= 4 is 17.9 Å². The molecule has 0 bridgehead atoms. The fourth-order valence-corrected chi connectivity index (χ4v) is 1.98. The van der Waals surface area contributed by atoms with E-state index in [4.69, 9.17) is 9.47 Å². The Morgan fingerprint density at radius 1 is 0.792 bits per heavy atom. The van der Waals surface area contributed by atoms with E-state index in [1.807, 2.05) is 0 Å². The molecule has 0 aliphatic rings. The van der Waals surface area contributed by atoms with Gasteiger partial charge in [-0.3, -0.25) is 0 Å². The molecule has 0 saturated carbocycles. The molecule has 2 atom stereocenters. The first kappa shape index (κ1) is 17.2. The molecule has 2 aromatic carbocycles. The van der Waals surface area contributed by atoms with E-state index in [0.29, 0.717) is 0 Å². The third-order valence-electron chi connectivity index (χ3n) is 3.22. The molecule has 6 nitrogen and oxygen atoms in total. The molecule has 0 heterocycles. The number of rotatable bonds is 6. The third kappa shape index (κ3) is 4.42. The van der Waals surface area contributed by atoms with Crippen LogP contribution in [0.3, 0.4) is 0 Å². The van der Waals surface area contributed by atoms with Crippen molar-refractivity contribution in [3.63, 3.8) is 0 Å². The fraction of sp³-hybridized carbons (Fsp3) is 0.167. The van der Waals surface area contributed by atoms with Gasteiger partial charge in [0.2, 0.25) is 6.10 Å². The van der Waals surface area contributed by atoms with Gasteiger partial charge in [-0.25, -0.2) is 14.4 Å². The van der Waals surface area contributed by atoms with E-state index in [-0.39, 0.29) is 11.1 Å². The number of carboxylic acids is 1. The second-order valence-electron chi connectivity index (χ2n) is 5.01. The number of esters is 2. The van der Waals surface area contributed by atoms with Crippen LogP contribution in [-0.4, -0.2) is 35.2 Å². The van der Waals surface area contributed by atoms with Crippen molar-refractivity contribution in [3.8, 4) is 0 Å². The van der Waals surface area contributed by atoms with E-state index in [0.717, 1.165) is 0 Å². The molecular formula is C18H16O6. The zero-order valence-electron chi connectivity index (χ0n) is 12.9. The van der Waals surface area contributed by atoms with Crippen molar-refractivity contribution in [2.75, 3.05) is 0 Å².